The maximum atomic E-state index is 12.3. The van der Waals surface area contributed by atoms with Crippen LogP contribution < -0.4 is 20.5 Å². The molecule has 160 valence electrons. The van der Waals surface area contributed by atoms with E-state index >= 15 is 0 Å². The SMILES string of the molecule is CCNC(=O)c1cc2c(C(=NOCC(=O)O)c3ccc4c(c3)OCO4)nc(N)nc2s1. The van der Waals surface area contributed by atoms with Gasteiger partial charge in [0.15, 0.2) is 11.5 Å². The smallest absolute Gasteiger partial charge is 0.344 e. The van der Waals surface area contributed by atoms with E-state index in [0.29, 0.717) is 44.4 Å². The Morgan fingerprint density at radius 1 is 1.29 bits per heavy atom. The number of nitrogens with zero attached hydrogens (tertiary/aromatic N) is 3. The number of aromatic nitrogens is 2. The first-order valence-corrected chi connectivity index (χ1v) is 9.95. The first kappa shape index (κ1) is 20.3. The van der Waals surface area contributed by atoms with Gasteiger partial charge in [0.25, 0.3) is 5.91 Å². The number of nitrogens with two attached hydrogens (primary N) is 1. The highest BCUT2D eigenvalue weighted by Gasteiger charge is 2.22. The lowest BCUT2D eigenvalue weighted by Crippen LogP contribution is -2.21. The Labute approximate surface area is 179 Å². The molecule has 0 aliphatic carbocycles. The molecule has 1 amide bonds. The van der Waals surface area contributed by atoms with Crippen LogP contribution in [0.2, 0.25) is 0 Å². The fourth-order valence-corrected chi connectivity index (χ4v) is 3.86. The second-order valence-corrected chi connectivity index (χ2v) is 7.33. The molecule has 31 heavy (non-hydrogen) atoms. The van der Waals surface area contributed by atoms with Gasteiger partial charge in [-0.2, -0.15) is 0 Å². The Bertz CT molecular complexity index is 1210. The summed E-state index contributed by atoms with van der Waals surface area (Å²) in [7, 11) is 0. The summed E-state index contributed by atoms with van der Waals surface area (Å²) in [5.41, 5.74) is 6.93. The van der Waals surface area contributed by atoms with Gasteiger partial charge in [-0.25, -0.2) is 14.8 Å². The van der Waals surface area contributed by atoms with Crippen molar-refractivity contribution in [3.8, 4) is 11.5 Å². The Balaban J connectivity index is 1.86. The highest BCUT2D eigenvalue weighted by atomic mass is 32.1. The lowest BCUT2D eigenvalue weighted by atomic mass is 10.0. The number of thiophene rings is 1. The van der Waals surface area contributed by atoms with Crippen LogP contribution >= 0.6 is 11.3 Å². The molecule has 3 aromatic rings. The van der Waals surface area contributed by atoms with Gasteiger partial charge in [-0.15, -0.1) is 11.3 Å². The van der Waals surface area contributed by atoms with Crippen LogP contribution in [0.1, 0.15) is 27.9 Å². The van der Waals surface area contributed by atoms with Crippen molar-refractivity contribution in [3.05, 3.63) is 40.4 Å². The van der Waals surface area contributed by atoms with Crippen LogP contribution in [-0.2, 0) is 9.63 Å². The average Bonchev–Trinajstić information content (AvgIpc) is 3.37. The molecule has 0 radical (unpaired) electrons. The van der Waals surface area contributed by atoms with Crippen LogP contribution in [0.25, 0.3) is 10.2 Å². The number of carbonyl (C=O) groups excluding carboxylic acids is 1. The summed E-state index contributed by atoms with van der Waals surface area (Å²) in [5, 5.41) is 16.2. The van der Waals surface area contributed by atoms with Crippen molar-refractivity contribution in [2.75, 3.05) is 25.7 Å². The number of benzene rings is 1. The summed E-state index contributed by atoms with van der Waals surface area (Å²) in [5.74, 6) is -0.404. The van der Waals surface area contributed by atoms with Crippen molar-refractivity contribution in [2.24, 2.45) is 5.16 Å². The molecule has 3 heterocycles. The van der Waals surface area contributed by atoms with Gasteiger partial charge in [0.05, 0.1) is 4.88 Å². The molecule has 0 atom stereocenters. The van der Waals surface area contributed by atoms with Gasteiger partial charge in [-0.3, -0.25) is 4.79 Å². The zero-order valence-corrected chi connectivity index (χ0v) is 17.1. The minimum atomic E-state index is -1.19. The molecule has 12 heteroatoms. The zero-order valence-electron chi connectivity index (χ0n) is 16.2. The van der Waals surface area contributed by atoms with E-state index in [1.807, 2.05) is 6.92 Å². The second kappa shape index (κ2) is 8.44. The molecule has 1 aliphatic heterocycles. The molecule has 1 aliphatic rings. The van der Waals surface area contributed by atoms with Gasteiger partial charge in [0, 0.05) is 17.5 Å². The molecule has 1 aromatic carbocycles. The zero-order chi connectivity index (χ0) is 22.0. The monoisotopic (exact) mass is 443 g/mol. The number of ether oxygens (including phenoxy) is 2. The number of carbonyl (C=O) groups is 2. The van der Waals surface area contributed by atoms with Gasteiger partial charge in [-0.05, 0) is 31.2 Å². The quantitative estimate of drug-likeness (QED) is 0.364. The lowest BCUT2D eigenvalue weighted by molar-refractivity contribution is -0.142. The molecule has 2 aromatic heterocycles. The van der Waals surface area contributed by atoms with E-state index in [1.54, 1.807) is 24.3 Å². The van der Waals surface area contributed by atoms with Crippen molar-refractivity contribution in [2.45, 2.75) is 6.92 Å². The normalized spacial score (nSPS) is 12.7. The molecule has 0 fully saturated rings. The molecule has 11 nitrogen and oxygen atoms in total. The number of hydrogen-bond acceptors (Lipinski definition) is 10. The highest BCUT2D eigenvalue weighted by molar-refractivity contribution is 7.20. The topological polar surface area (TPSA) is 158 Å². The number of hydrogen-bond donors (Lipinski definition) is 3. The summed E-state index contributed by atoms with van der Waals surface area (Å²) >= 11 is 1.16. The molecule has 0 saturated carbocycles. The number of carboxylic acids is 1. The van der Waals surface area contributed by atoms with Crippen molar-refractivity contribution in [1.82, 2.24) is 15.3 Å². The van der Waals surface area contributed by atoms with Crippen molar-refractivity contribution in [1.29, 1.82) is 0 Å². The van der Waals surface area contributed by atoms with Crippen molar-refractivity contribution < 1.29 is 29.0 Å². The van der Waals surface area contributed by atoms with Gasteiger partial charge in [-0.1, -0.05) is 5.16 Å². The van der Waals surface area contributed by atoms with Crippen molar-refractivity contribution >= 4 is 45.1 Å². The standard InChI is InChI=1S/C19H17N5O6S/c1-2-21-17(27)13-6-10-16(22-19(20)23-18(10)31-13)15(24-30-7-14(25)26)9-3-4-11-12(5-9)29-8-28-11/h3-6H,2,7-8H2,1H3,(H,21,27)(H,25,26)(H2,20,22,23). The first-order chi connectivity index (χ1) is 15.0. The first-order valence-electron chi connectivity index (χ1n) is 9.13. The number of carboxylic acid groups (broad SMARTS) is 1. The highest BCUT2D eigenvalue weighted by Crippen LogP contribution is 2.34. The second-order valence-electron chi connectivity index (χ2n) is 6.29. The maximum Gasteiger partial charge on any atom is 0.344 e. The van der Waals surface area contributed by atoms with Gasteiger partial charge < -0.3 is 30.5 Å². The summed E-state index contributed by atoms with van der Waals surface area (Å²) in [6, 6.07) is 6.71. The van der Waals surface area contributed by atoms with E-state index in [9.17, 15) is 9.59 Å². The fraction of sp³-hybridized carbons (Fsp3) is 0.211. The minimum Gasteiger partial charge on any atom is -0.479 e. The number of oxime groups is 1. The number of rotatable bonds is 7. The van der Waals surface area contributed by atoms with E-state index in [2.05, 4.69) is 20.4 Å². The van der Waals surface area contributed by atoms with Crippen LogP contribution in [0.5, 0.6) is 11.5 Å². The Morgan fingerprint density at radius 2 is 2.10 bits per heavy atom. The van der Waals surface area contributed by atoms with Crippen LogP contribution in [0.3, 0.4) is 0 Å². The summed E-state index contributed by atoms with van der Waals surface area (Å²) in [6.07, 6.45) is 0. The summed E-state index contributed by atoms with van der Waals surface area (Å²) in [4.78, 5) is 37.6. The largest absolute Gasteiger partial charge is 0.479 e. The lowest BCUT2D eigenvalue weighted by Gasteiger charge is -2.09. The predicted octanol–water partition coefficient (Wildman–Crippen LogP) is 1.61. The van der Waals surface area contributed by atoms with Crippen molar-refractivity contribution in [3.63, 3.8) is 0 Å². The number of amides is 1. The molecule has 4 rings (SSSR count). The third-order valence-electron chi connectivity index (χ3n) is 4.19. The Kier molecular flexibility index (Phi) is 5.54. The molecule has 4 N–H and O–H groups in total. The number of fused-ring (bicyclic) bond motifs is 2. The van der Waals surface area contributed by atoms with E-state index in [1.165, 1.54) is 0 Å². The number of nitrogen functional groups attached to an aromatic ring is 1. The van der Waals surface area contributed by atoms with Crippen LogP contribution in [0, 0.1) is 0 Å². The van der Waals surface area contributed by atoms with E-state index < -0.39 is 12.6 Å². The number of aliphatic carboxylic acids is 1. The number of anilines is 1. The maximum absolute atomic E-state index is 12.3. The molecular formula is C19H17N5O6S. The van der Waals surface area contributed by atoms with Gasteiger partial charge >= 0.3 is 5.97 Å². The third kappa shape index (κ3) is 4.19. The Morgan fingerprint density at radius 3 is 2.87 bits per heavy atom. The minimum absolute atomic E-state index is 0.0292. The van der Waals surface area contributed by atoms with Crippen LogP contribution in [0.4, 0.5) is 5.95 Å². The molecule has 0 unspecified atom stereocenters. The Hall–Kier alpha value is -3.93. The predicted molar refractivity (Wildman–Crippen MR) is 112 cm³/mol. The average molecular weight is 443 g/mol. The van der Waals surface area contributed by atoms with Gasteiger partial charge in [0.1, 0.15) is 16.2 Å². The van der Waals surface area contributed by atoms with Crippen LogP contribution in [0.15, 0.2) is 29.4 Å². The van der Waals surface area contributed by atoms with Gasteiger partial charge in [0.2, 0.25) is 19.3 Å². The third-order valence-corrected chi connectivity index (χ3v) is 5.21. The fourth-order valence-electron chi connectivity index (χ4n) is 2.91. The molecule has 0 saturated heterocycles. The molecule has 0 spiro atoms. The summed E-state index contributed by atoms with van der Waals surface area (Å²) < 4.78 is 10.8. The molecule has 0 bridgehead atoms. The van der Waals surface area contributed by atoms with Crippen LogP contribution in [-0.4, -0.2) is 52.6 Å². The van der Waals surface area contributed by atoms with E-state index in [-0.39, 0.29) is 24.4 Å². The van der Waals surface area contributed by atoms with E-state index in [0.717, 1.165) is 11.3 Å². The molecular weight excluding hydrogens is 426 g/mol. The van der Waals surface area contributed by atoms with E-state index in [4.69, 9.17) is 25.2 Å². The summed E-state index contributed by atoms with van der Waals surface area (Å²) in [6.45, 7) is 1.73. The number of nitrogens with one attached hydrogen (secondary N) is 1.